The van der Waals surface area contributed by atoms with Gasteiger partial charge in [-0.25, -0.2) is 9.18 Å². The summed E-state index contributed by atoms with van der Waals surface area (Å²) in [4.78, 5) is 27.5. The Morgan fingerprint density at radius 1 is 0.943 bits per heavy atom. The first-order valence-electron chi connectivity index (χ1n) is 11.7. The van der Waals surface area contributed by atoms with Crippen LogP contribution in [0.15, 0.2) is 78.9 Å². The van der Waals surface area contributed by atoms with Crippen LogP contribution in [0.2, 0.25) is 0 Å². The highest BCUT2D eigenvalue weighted by molar-refractivity contribution is 5.79. The van der Waals surface area contributed by atoms with Crippen LogP contribution in [0.25, 0.3) is 0 Å². The van der Waals surface area contributed by atoms with E-state index in [1.807, 2.05) is 54.6 Å². The van der Waals surface area contributed by atoms with Gasteiger partial charge in [-0.05, 0) is 29.3 Å². The van der Waals surface area contributed by atoms with E-state index in [9.17, 15) is 14.0 Å². The average molecular weight is 477 g/mol. The second-order valence-electron chi connectivity index (χ2n) is 8.60. The third kappa shape index (κ3) is 5.98. The molecule has 1 saturated heterocycles. The SMILES string of the molecule is COc1ccccc1CNC(=O)OC1(c2ccccc2)CCN(C(=O)Cc2ccc(F)cc2)CC1. The molecule has 7 heteroatoms. The van der Waals surface area contributed by atoms with E-state index in [2.05, 4.69) is 5.32 Å². The highest BCUT2D eigenvalue weighted by Crippen LogP contribution is 2.37. The number of methoxy groups -OCH3 is 1. The molecule has 0 saturated carbocycles. The lowest BCUT2D eigenvalue weighted by Gasteiger charge is -2.41. The molecule has 0 radical (unpaired) electrons. The second kappa shape index (κ2) is 11.0. The third-order valence-corrected chi connectivity index (χ3v) is 6.40. The van der Waals surface area contributed by atoms with Gasteiger partial charge in [-0.1, -0.05) is 60.7 Å². The van der Waals surface area contributed by atoms with Crippen molar-refractivity contribution in [1.29, 1.82) is 0 Å². The molecule has 0 unspecified atom stereocenters. The van der Waals surface area contributed by atoms with Gasteiger partial charge in [-0.3, -0.25) is 4.79 Å². The molecule has 2 amide bonds. The lowest BCUT2D eigenvalue weighted by atomic mass is 9.84. The Morgan fingerprint density at radius 3 is 2.29 bits per heavy atom. The molecular weight excluding hydrogens is 447 g/mol. The number of halogens is 1. The zero-order valence-corrected chi connectivity index (χ0v) is 19.7. The van der Waals surface area contributed by atoms with Gasteiger partial charge in [-0.2, -0.15) is 0 Å². The Labute approximate surface area is 204 Å². The van der Waals surface area contributed by atoms with Gasteiger partial charge in [0.25, 0.3) is 0 Å². The topological polar surface area (TPSA) is 67.9 Å². The standard InChI is InChI=1S/C28H29FN2O4/c1-34-25-10-6-5-7-22(25)20-30-27(33)35-28(23-8-3-2-4-9-23)15-17-31(18-16-28)26(32)19-21-11-13-24(29)14-12-21/h2-14H,15-20H2,1H3,(H,30,33). The minimum Gasteiger partial charge on any atom is -0.496 e. The van der Waals surface area contributed by atoms with Gasteiger partial charge >= 0.3 is 6.09 Å². The van der Waals surface area contributed by atoms with E-state index in [0.29, 0.717) is 31.7 Å². The van der Waals surface area contributed by atoms with Crippen LogP contribution in [-0.2, 0) is 28.1 Å². The molecule has 1 aliphatic rings. The number of amides is 2. The molecule has 0 bridgehead atoms. The van der Waals surface area contributed by atoms with E-state index in [1.165, 1.54) is 12.1 Å². The van der Waals surface area contributed by atoms with Crippen molar-refractivity contribution in [3.8, 4) is 5.75 Å². The van der Waals surface area contributed by atoms with Gasteiger partial charge in [-0.15, -0.1) is 0 Å². The van der Waals surface area contributed by atoms with E-state index < -0.39 is 11.7 Å². The van der Waals surface area contributed by atoms with Crippen LogP contribution in [0.5, 0.6) is 5.75 Å². The molecule has 3 aromatic rings. The minimum absolute atomic E-state index is 0.0288. The monoisotopic (exact) mass is 476 g/mol. The summed E-state index contributed by atoms with van der Waals surface area (Å²) >= 11 is 0. The van der Waals surface area contributed by atoms with Crippen LogP contribution >= 0.6 is 0 Å². The molecule has 1 heterocycles. The number of para-hydroxylation sites is 1. The van der Waals surface area contributed by atoms with Crippen molar-refractivity contribution in [2.24, 2.45) is 0 Å². The maximum atomic E-state index is 13.2. The first kappa shape index (κ1) is 24.3. The van der Waals surface area contributed by atoms with Crippen LogP contribution < -0.4 is 10.1 Å². The van der Waals surface area contributed by atoms with Gasteiger partial charge in [0.1, 0.15) is 17.2 Å². The fraction of sp³-hybridized carbons (Fsp3) is 0.286. The fourth-order valence-corrected chi connectivity index (χ4v) is 4.43. The molecule has 35 heavy (non-hydrogen) atoms. The zero-order chi connectivity index (χ0) is 24.7. The van der Waals surface area contributed by atoms with Gasteiger partial charge < -0.3 is 19.7 Å². The molecule has 4 rings (SSSR count). The molecule has 1 fully saturated rings. The summed E-state index contributed by atoms with van der Waals surface area (Å²) in [6.45, 7) is 1.18. The normalized spacial score (nSPS) is 14.7. The molecule has 1 N–H and O–H groups in total. The Kier molecular flexibility index (Phi) is 7.65. The Hall–Kier alpha value is -3.87. The summed E-state index contributed by atoms with van der Waals surface area (Å²) in [5.74, 6) is 0.338. The van der Waals surface area contributed by atoms with E-state index in [4.69, 9.17) is 9.47 Å². The molecule has 3 aromatic carbocycles. The highest BCUT2D eigenvalue weighted by Gasteiger charge is 2.41. The predicted octanol–water partition coefficient (Wildman–Crippen LogP) is 4.82. The lowest BCUT2D eigenvalue weighted by molar-refractivity contribution is -0.135. The summed E-state index contributed by atoms with van der Waals surface area (Å²) in [5, 5.41) is 2.83. The number of likely N-dealkylation sites (tertiary alicyclic amines) is 1. The number of nitrogens with one attached hydrogen (secondary N) is 1. The maximum Gasteiger partial charge on any atom is 0.408 e. The number of alkyl carbamates (subject to hydrolysis) is 1. The van der Waals surface area contributed by atoms with Crippen molar-refractivity contribution >= 4 is 12.0 Å². The molecule has 0 spiro atoms. The average Bonchev–Trinajstić information content (AvgIpc) is 2.90. The fourth-order valence-electron chi connectivity index (χ4n) is 4.43. The number of ether oxygens (including phenoxy) is 2. The summed E-state index contributed by atoms with van der Waals surface area (Å²) in [6.07, 6.45) is 0.646. The molecule has 6 nitrogen and oxygen atoms in total. The molecule has 0 aromatic heterocycles. The maximum absolute atomic E-state index is 13.2. The van der Waals surface area contributed by atoms with Gasteiger partial charge in [0, 0.05) is 38.0 Å². The predicted molar refractivity (Wildman–Crippen MR) is 130 cm³/mol. The Morgan fingerprint density at radius 2 is 1.60 bits per heavy atom. The van der Waals surface area contributed by atoms with Gasteiger partial charge in [0.15, 0.2) is 0 Å². The lowest BCUT2D eigenvalue weighted by Crippen LogP contribution is -2.48. The van der Waals surface area contributed by atoms with Crippen molar-refractivity contribution in [2.45, 2.75) is 31.4 Å². The molecular formula is C28H29FN2O4. The zero-order valence-electron chi connectivity index (χ0n) is 19.7. The quantitative estimate of drug-likeness (QED) is 0.531. The van der Waals surface area contributed by atoms with Gasteiger partial charge in [0.2, 0.25) is 5.91 Å². The number of carbonyl (C=O) groups is 2. The number of hydrogen-bond acceptors (Lipinski definition) is 4. The van der Waals surface area contributed by atoms with Crippen LogP contribution in [0.3, 0.4) is 0 Å². The number of carbonyl (C=O) groups excluding carboxylic acids is 2. The number of rotatable bonds is 7. The van der Waals surface area contributed by atoms with Gasteiger partial charge in [0.05, 0.1) is 13.5 Å². The molecule has 182 valence electrons. The van der Waals surface area contributed by atoms with Crippen molar-refractivity contribution in [1.82, 2.24) is 10.2 Å². The van der Waals surface area contributed by atoms with Crippen LogP contribution in [0.4, 0.5) is 9.18 Å². The first-order chi connectivity index (χ1) is 17.0. The van der Waals surface area contributed by atoms with E-state index >= 15 is 0 Å². The van der Waals surface area contributed by atoms with Crippen LogP contribution in [0.1, 0.15) is 29.5 Å². The van der Waals surface area contributed by atoms with E-state index in [1.54, 1.807) is 24.1 Å². The van der Waals surface area contributed by atoms with E-state index in [0.717, 1.165) is 16.7 Å². The highest BCUT2D eigenvalue weighted by atomic mass is 19.1. The minimum atomic E-state index is -0.835. The van der Waals surface area contributed by atoms with E-state index in [-0.39, 0.29) is 24.7 Å². The Balaban J connectivity index is 1.42. The number of nitrogens with zero attached hydrogens (tertiary/aromatic N) is 1. The summed E-state index contributed by atoms with van der Waals surface area (Å²) in [5.41, 5.74) is 1.68. The summed E-state index contributed by atoms with van der Waals surface area (Å²) < 4.78 is 24.6. The first-order valence-corrected chi connectivity index (χ1v) is 11.7. The van der Waals surface area contributed by atoms with Crippen LogP contribution in [0, 0.1) is 5.82 Å². The van der Waals surface area contributed by atoms with Crippen LogP contribution in [-0.4, -0.2) is 37.1 Å². The smallest absolute Gasteiger partial charge is 0.408 e. The summed E-state index contributed by atoms with van der Waals surface area (Å²) in [7, 11) is 1.59. The Bertz CT molecular complexity index is 1140. The van der Waals surface area contributed by atoms with Crippen molar-refractivity contribution < 1.29 is 23.5 Å². The second-order valence-corrected chi connectivity index (χ2v) is 8.60. The number of piperidine rings is 1. The molecule has 0 aliphatic carbocycles. The third-order valence-electron chi connectivity index (χ3n) is 6.40. The largest absolute Gasteiger partial charge is 0.496 e. The molecule has 0 atom stereocenters. The van der Waals surface area contributed by atoms with Crippen molar-refractivity contribution in [2.75, 3.05) is 20.2 Å². The molecule has 1 aliphatic heterocycles. The summed E-state index contributed by atoms with van der Waals surface area (Å²) in [6, 6.07) is 23.1. The van der Waals surface area contributed by atoms with Crippen molar-refractivity contribution in [3.63, 3.8) is 0 Å². The number of hydrogen-bond donors (Lipinski definition) is 1. The van der Waals surface area contributed by atoms with Crippen molar-refractivity contribution in [3.05, 3.63) is 101 Å². The number of benzene rings is 3.